The SMILES string of the molecule is CC1CCc2cc(F)ccc2S1. The molecule has 0 radical (unpaired) electrons. The maximum Gasteiger partial charge on any atom is 0.123 e. The minimum atomic E-state index is -0.107. The Bertz CT molecular complexity index is 296. The molecule has 1 aromatic carbocycles. The van der Waals surface area contributed by atoms with Gasteiger partial charge in [-0.05, 0) is 36.6 Å². The van der Waals surface area contributed by atoms with Gasteiger partial charge in [-0.25, -0.2) is 4.39 Å². The van der Waals surface area contributed by atoms with Crippen molar-refractivity contribution in [3.63, 3.8) is 0 Å². The summed E-state index contributed by atoms with van der Waals surface area (Å²) in [5.74, 6) is -0.107. The number of rotatable bonds is 0. The van der Waals surface area contributed by atoms with E-state index in [4.69, 9.17) is 0 Å². The molecule has 1 aromatic rings. The summed E-state index contributed by atoms with van der Waals surface area (Å²) in [5, 5.41) is 0.683. The van der Waals surface area contributed by atoms with Gasteiger partial charge in [-0.3, -0.25) is 0 Å². The Kier molecular flexibility index (Phi) is 2.09. The second-order valence-corrected chi connectivity index (χ2v) is 4.70. The summed E-state index contributed by atoms with van der Waals surface area (Å²) in [6.45, 7) is 2.22. The molecule has 2 heteroatoms. The molecule has 1 aliphatic rings. The summed E-state index contributed by atoms with van der Waals surface area (Å²) in [5.41, 5.74) is 1.18. The molecule has 1 aliphatic heterocycles. The first-order valence-electron chi connectivity index (χ1n) is 4.21. The second kappa shape index (κ2) is 3.09. The van der Waals surface area contributed by atoms with E-state index in [-0.39, 0.29) is 5.82 Å². The molecule has 0 aromatic heterocycles. The highest BCUT2D eigenvalue weighted by Crippen LogP contribution is 2.34. The zero-order valence-corrected chi connectivity index (χ0v) is 7.83. The van der Waals surface area contributed by atoms with Gasteiger partial charge in [0, 0.05) is 10.1 Å². The van der Waals surface area contributed by atoms with Crippen molar-refractivity contribution in [3.8, 4) is 0 Å². The number of hydrogen-bond donors (Lipinski definition) is 0. The van der Waals surface area contributed by atoms with Crippen molar-refractivity contribution in [1.29, 1.82) is 0 Å². The van der Waals surface area contributed by atoms with Gasteiger partial charge in [0.15, 0.2) is 0 Å². The zero-order chi connectivity index (χ0) is 8.55. The van der Waals surface area contributed by atoms with Crippen LogP contribution in [-0.2, 0) is 6.42 Å². The Morgan fingerprint density at radius 1 is 1.50 bits per heavy atom. The number of aryl methyl sites for hydroxylation is 1. The van der Waals surface area contributed by atoms with E-state index in [1.165, 1.54) is 16.9 Å². The lowest BCUT2D eigenvalue weighted by Crippen LogP contribution is -2.06. The molecule has 1 atom stereocenters. The van der Waals surface area contributed by atoms with E-state index in [2.05, 4.69) is 6.92 Å². The Morgan fingerprint density at radius 3 is 3.17 bits per heavy atom. The normalized spacial score (nSPS) is 22.0. The third-order valence-corrected chi connectivity index (χ3v) is 3.46. The fourth-order valence-corrected chi connectivity index (χ4v) is 2.62. The van der Waals surface area contributed by atoms with E-state index in [9.17, 15) is 4.39 Å². The highest BCUT2D eigenvalue weighted by molar-refractivity contribution is 8.00. The summed E-state index contributed by atoms with van der Waals surface area (Å²) < 4.78 is 12.8. The first-order chi connectivity index (χ1) is 5.75. The molecule has 64 valence electrons. The summed E-state index contributed by atoms with van der Waals surface area (Å²) in [4.78, 5) is 1.26. The minimum Gasteiger partial charge on any atom is -0.207 e. The average Bonchev–Trinajstić information content (AvgIpc) is 2.05. The van der Waals surface area contributed by atoms with Crippen LogP contribution in [-0.4, -0.2) is 5.25 Å². The van der Waals surface area contributed by atoms with Crippen LogP contribution in [0.4, 0.5) is 4.39 Å². The maximum absolute atomic E-state index is 12.8. The minimum absolute atomic E-state index is 0.107. The summed E-state index contributed by atoms with van der Waals surface area (Å²) in [6, 6.07) is 5.10. The van der Waals surface area contributed by atoms with Gasteiger partial charge in [0.05, 0.1) is 0 Å². The highest BCUT2D eigenvalue weighted by atomic mass is 32.2. The standard InChI is InChI=1S/C10H11FS/c1-7-2-3-8-6-9(11)4-5-10(8)12-7/h4-7H,2-3H2,1H3. The van der Waals surface area contributed by atoms with Crippen LogP contribution in [0.3, 0.4) is 0 Å². The molecule has 0 amide bonds. The van der Waals surface area contributed by atoms with Crippen LogP contribution in [0.2, 0.25) is 0 Å². The molecule has 0 saturated heterocycles. The molecule has 12 heavy (non-hydrogen) atoms. The molecule has 2 rings (SSSR count). The van der Waals surface area contributed by atoms with Crippen LogP contribution in [0.5, 0.6) is 0 Å². The third kappa shape index (κ3) is 1.48. The van der Waals surface area contributed by atoms with Crippen LogP contribution >= 0.6 is 11.8 Å². The van der Waals surface area contributed by atoms with E-state index in [1.807, 2.05) is 17.8 Å². The zero-order valence-electron chi connectivity index (χ0n) is 7.01. The molecule has 1 heterocycles. The topological polar surface area (TPSA) is 0 Å². The lowest BCUT2D eigenvalue weighted by atomic mass is 10.1. The Morgan fingerprint density at radius 2 is 2.33 bits per heavy atom. The average molecular weight is 182 g/mol. The Labute approximate surface area is 76.2 Å². The quantitative estimate of drug-likeness (QED) is 0.593. The largest absolute Gasteiger partial charge is 0.207 e. The number of hydrogen-bond acceptors (Lipinski definition) is 1. The van der Waals surface area contributed by atoms with E-state index in [0.29, 0.717) is 5.25 Å². The predicted octanol–water partition coefficient (Wildman–Crippen LogP) is 3.25. The monoisotopic (exact) mass is 182 g/mol. The van der Waals surface area contributed by atoms with Crippen LogP contribution in [0.25, 0.3) is 0 Å². The van der Waals surface area contributed by atoms with Crippen molar-refractivity contribution in [2.75, 3.05) is 0 Å². The van der Waals surface area contributed by atoms with Crippen molar-refractivity contribution in [2.24, 2.45) is 0 Å². The maximum atomic E-state index is 12.8. The van der Waals surface area contributed by atoms with Gasteiger partial charge in [0.2, 0.25) is 0 Å². The van der Waals surface area contributed by atoms with Gasteiger partial charge < -0.3 is 0 Å². The van der Waals surface area contributed by atoms with E-state index < -0.39 is 0 Å². The van der Waals surface area contributed by atoms with E-state index in [0.717, 1.165) is 6.42 Å². The summed E-state index contributed by atoms with van der Waals surface area (Å²) in [7, 11) is 0. The number of thioether (sulfide) groups is 1. The fraction of sp³-hybridized carbons (Fsp3) is 0.400. The van der Waals surface area contributed by atoms with Gasteiger partial charge in [0.1, 0.15) is 5.82 Å². The number of benzene rings is 1. The van der Waals surface area contributed by atoms with E-state index in [1.54, 1.807) is 12.1 Å². The summed E-state index contributed by atoms with van der Waals surface area (Å²) in [6.07, 6.45) is 2.20. The van der Waals surface area contributed by atoms with Crippen molar-refractivity contribution in [2.45, 2.75) is 29.9 Å². The van der Waals surface area contributed by atoms with Gasteiger partial charge in [-0.2, -0.15) is 0 Å². The molecule has 0 saturated carbocycles. The van der Waals surface area contributed by atoms with Gasteiger partial charge >= 0.3 is 0 Å². The molecule has 0 bridgehead atoms. The second-order valence-electron chi connectivity index (χ2n) is 3.22. The molecule has 0 aliphatic carbocycles. The van der Waals surface area contributed by atoms with Crippen molar-refractivity contribution >= 4 is 11.8 Å². The lowest BCUT2D eigenvalue weighted by Gasteiger charge is -2.20. The van der Waals surface area contributed by atoms with Crippen LogP contribution < -0.4 is 0 Å². The fourth-order valence-electron chi connectivity index (χ4n) is 1.49. The van der Waals surface area contributed by atoms with Gasteiger partial charge in [0.25, 0.3) is 0 Å². The highest BCUT2D eigenvalue weighted by Gasteiger charge is 2.15. The van der Waals surface area contributed by atoms with Crippen molar-refractivity contribution in [1.82, 2.24) is 0 Å². The molecule has 0 fully saturated rings. The smallest absolute Gasteiger partial charge is 0.123 e. The van der Waals surface area contributed by atoms with Crippen LogP contribution in [0, 0.1) is 5.82 Å². The number of halogens is 1. The Hall–Kier alpha value is -0.500. The van der Waals surface area contributed by atoms with Crippen LogP contribution in [0.15, 0.2) is 23.1 Å². The molecule has 0 spiro atoms. The predicted molar refractivity (Wildman–Crippen MR) is 50.0 cm³/mol. The molecule has 0 nitrogen and oxygen atoms in total. The first kappa shape index (κ1) is 8.11. The third-order valence-electron chi connectivity index (χ3n) is 2.17. The van der Waals surface area contributed by atoms with Gasteiger partial charge in [-0.1, -0.05) is 6.92 Å². The molecular weight excluding hydrogens is 171 g/mol. The van der Waals surface area contributed by atoms with Gasteiger partial charge in [-0.15, -0.1) is 11.8 Å². The van der Waals surface area contributed by atoms with Crippen molar-refractivity contribution < 1.29 is 4.39 Å². The first-order valence-corrected chi connectivity index (χ1v) is 5.09. The Balaban J connectivity index is 2.37. The molecule has 1 unspecified atom stereocenters. The molecular formula is C10H11FS. The molecule has 0 N–H and O–H groups in total. The summed E-state index contributed by atoms with van der Waals surface area (Å²) >= 11 is 1.85. The lowest BCUT2D eigenvalue weighted by molar-refractivity contribution is 0.621. The van der Waals surface area contributed by atoms with Crippen LogP contribution in [0.1, 0.15) is 18.9 Å². The number of fused-ring (bicyclic) bond motifs is 1. The van der Waals surface area contributed by atoms with Crippen molar-refractivity contribution in [3.05, 3.63) is 29.6 Å². The van der Waals surface area contributed by atoms with E-state index >= 15 is 0 Å².